The molecule has 2 heterocycles. The van der Waals surface area contributed by atoms with E-state index in [9.17, 15) is 0 Å². The van der Waals surface area contributed by atoms with Gasteiger partial charge in [-0.15, -0.1) is 0 Å². The van der Waals surface area contributed by atoms with Gasteiger partial charge in [-0.1, -0.05) is 0 Å². The molecule has 0 atom stereocenters. The van der Waals surface area contributed by atoms with Crippen molar-refractivity contribution in [1.29, 1.82) is 0 Å². The van der Waals surface area contributed by atoms with Crippen LogP contribution in [0, 0.1) is 0 Å². The van der Waals surface area contributed by atoms with Gasteiger partial charge in [0.05, 0.1) is 18.1 Å². The van der Waals surface area contributed by atoms with E-state index in [0.29, 0.717) is 5.82 Å². The predicted molar refractivity (Wildman–Crippen MR) is 68.5 cm³/mol. The van der Waals surface area contributed by atoms with Crippen LogP contribution in [0.1, 0.15) is 18.5 Å². The standard InChI is InChI=1S/C12H21N5/c1-16(6-7-17-4-2-3-5-17)10-11-8-15-12(13)9-14-11/h8-9H,2-7,10H2,1H3,(H2,13,15). The van der Waals surface area contributed by atoms with E-state index < -0.39 is 0 Å². The van der Waals surface area contributed by atoms with E-state index in [1.807, 2.05) is 0 Å². The first kappa shape index (κ1) is 12.3. The quantitative estimate of drug-likeness (QED) is 0.809. The van der Waals surface area contributed by atoms with E-state index in [-0.39, 0.29) is 0 Å². The fraction of sp³-hybridized carbons (Fsp3) is 0.667. The number of anilines is 1. The molecule has 0 aromatic carbocycles. The molecular weight excluding hydrogens is 214 g/mol. The van der Waals surface area contributed by atoms with Crippen LogP contribution in [0.4, 0.5) is 5.82 Å². The monoisotopic (exact) mass is 235 g/mol. The lowest BCUT2D eigenvalue weighted by molar-refractivity contribution is 0.250. The maximum Gasteiger partial charge on any atom is 0.141 e. The van der Waals surface area contributed by atoms with Crippen LogP contribution in [-0.4, -0.2) is 53.0 Å². The summed E-state index contributed by atoms with van der Waals surface area (Å²) < 4.78 is 0. The van der Waals surface area contributed by atoms with Gasteiger partial charge in [-0.2, -0.15) is 0 Å². The third-order valence-electron chi connectivity index (χ3n) is 3.15. The molecule has 1 fully saturated rings. The summed E-state index contributed by atoms with van der Waals surface area (Å²) in [5, 5.41) is 0. The van der Waals surface area contributed by atoms with Gasteiger partial charge in [0.2, 0.25) is 0 Å². The number of nitrogens with two attached hydrogens (primary N) is 1. The number of hydrogen-bond donors (Lipinski definition) is 1. The predicted octanol–water partition coefficient (Wildman–Crippen LogP) is 0.586. The Hall–Kier alpha value is -1.20. The topological polar surface area (TPSA) is 58.3 Å². The molecule has 2 rings (SSSR count). The molecule has 0 amide bonds. The number of likely N-dealkylation sites (N-methyl/N-ethyl adjacent to an activating group) is 1. The van der Waals surface area contributed by atoms with Crippen molar-refractivity contribution >= 4 is 5.82 Å². The summed E-state index contributed by atoms with van der Waals surface area (Å²) in [5.41, 5.74) is 6.48. The number of nitrogens with zero attached hydrogens (tertiary/aromatic N) is 4. The second kappa shape index (κ2) is 5.93. The summed E-state index contributed by atoms with van der Waals surface area (Å²) in [6.07, 6.45) is 6.08. The Morgan fingerprint density at radius 3 is 2.71 bits per heavy atom. The van der Waals surface area contributed by atoms with Gasteiger partial charge in [0.25, 0.3) is 0 Å². The third kappa shape index (κ3) is 3.94. The van der Waals surface area contributed by atoms with Crippen molar-refractivity contribution in [3.63, 3.8) is 0 Å². The first-order valence-electron chi connectivity index (χ1n) is 6.21. The van der Waals surface area contributed by atoms with Crippen molar-refractivity contribution in [3.8, 4) is 0 Å². The number of likely N-dealkylation sites (tertiary alicyclic amines) is 1. The summed E-state index contributed by atoms with van der Waals surface area (Å²) in [4.78, 5) is 13.1. The number of nitrogen functional groups attached to an aromatic ring is 1. The molecule has 5 nitrogen and oxygen atoms in total. The highest BCUT2D eigenvalue weighted by molar-refractivity contribution is 5.22. The van der Waals surface area contributed by atoms with Crippen LogP contribution in [0.15, 0.2) is 12.4 Å². The van der Waals surface area contributed by atoms with Gasteiger partial charge in [0, 0.05) is 19.6 Å². The minimum atomic E-state index is 0.480. The van der Waals surface area contributed by atoms with Gasteiger partial charge < -0.3 is 10.6 Å². The minimum absolute atomic E-state index is 0.480. The van der Waals surface area contributed by atoms with Gasteiger partial charge in [-0.3, -0.25) is 9.88 Å². The summed E-state index contributed by atoms with van der Waals surface area (Å²) in [6.45, 7) is 5.58. The molecule has 1 aliphatic heterocycles. The second-order valence-electron chi connectivity index (χ2n) is 4.72. The minimum Gasteiger partial charge on any atom is -0.382 e. The molecule has 1 aliphatic rings. The Bertz CT molecular complexity index is 331. The Morgan fingerprint density at radius 1 is 1.29 bits per heavy atom. The van der Waals surface area contributed by atoms with Crippen molar-refractivity contribution < 1.29 is 0 Å². The molecule has 0 aliphatic carbocycles. The van der Waals surface area contributed by atoms with Gasteiger partial charge >= 0.3 is 0 Å². The zero-order valence-corrected chi connectivity index (χ0v) is 10.5. The van der Waals surface area contributed by atoms with Crippen LogP contribution >= 0.6 is 0 Å². The Morgan fingerprint density at radius 2 is 2.06 bits per heavy atom. The van der Waals surface area contributed by atoms with E-state index in [4.69, 9.17) is 5.73 Å². The summed E-state index contributed by atoms with van der Waals surface area (Å²) in [7, 11) is 2.12. The third-order valence-corrected chi connectivity index (χ3v) is 3.15. The number of rotatable bonds is 5. The zero-order valence-electron chi connectivity index (χ0n) is 10.5. The first-order valence-corrected chi connectivity index (χ1v) is 6.21. The van der Waals surface area contributed by atoms with Crippen LogP contribution < -0.4 is 5.73 Å². The molecule has 94 valence electrons. The SMILES string of the molecule is CN(CCN1CCCC1)Cc1cnc(N)cn1. The maximum atomic E-state index is 5.50. The number of aromatic nitrogens is 2. The van der Waals surface area contributed by atoms with Gasteiger partial charge in [-0.05, 0) is 33.0 Å². The normalized spacial score (nSPS) is 16.8. The van der Waals surface area contributed by atoms with E-state index in [0.717, 1.165) is 25.3 Å². The molecule has 1 aromatic rings. The van der Waals surface area contributed by atoms with Crippen molar-refractivity contribution in [2.45, 2.75) is 19.4 Å². The molecule has 1 aromatic heterocycles. The van der Waals surface area contributed by atoms with E-state index in [1.54, 1.807) is 12.4 Å². The average Bonchev–Trinajstić information content (AvgIpc) is 2.83. The van der Waals surface area contributed by atoms with E-state index >= 15 is 0 Å². The highest BCUT2D eigenvalue weighted by Gasteiger charge is 2.11. The van der Waals surface area contributed by atoms with Crippen LogP contribution in [0.5, 0.6) is 0 Å². The molecule has 0 saturated carbocycles. The average molecular weight is 235 g/mol. The van der Waals surface area contributed by atoms with Crippen molar-refractivity contribution in [3.05, 3.63) is 18.1 Å². The smallest absolute Gasteiger partial charge is 0.141 e. The van der Waals surface area contributed by atoms with Crippen LogP contribution in [0.3, 0.4) is 0 Å². The van der Waals surface area contributed by atoms with Crippen LogP contribution in [0.2, 0.25) is 0 Å². The molecule has 0 spiro atoms. The summed E-state index contributed by atoms with van der Waals surface area (Å²) in [6, 6.07) is 0. The Balaban J connectivity index is 1.72. The van der Waals surface area contributed by atoms with Crippen molar-refractivity contribution in [1.82, 2.24) is 19.8 Å². The molecule has 17 heavy (non-hydrogen) atoms. The zero-order chi connectivity index (χ0) is 12.1. The highest BCUT2D eigenvalue weighted by Crippen LogP contribution is 2.07. The van der Waals surface area contributed by atoms with Gasteiger partial charge in [-0.25, -0.2) is 4.98 Å². The second-order valence-corrected chi connectivity index (χ2v) is 4.72. The molecule has 0 radical (unpaired) electrons. The van der Waals surface area contributed by atoms with E-state index in [1.165, 1.54) is 25.9 Å². The maximum absolute atomic E-state index is 5.50. The summed E-state index contributed by atoms with van der Waals surface area (Å²) in [5.74, 6) is 0.480. The van der Waals surface area contributed by atoms with Crippen molar-refractivity contribution in [2.24, 2.45) is 0 Å². The lowest BCUT2D eigenvalue weighted by atomic mass is 10.4. The Kier molecular flexibility index (Phi) is 4.28. The lowest BCUT2D eigenvalue weighted by Gasteiger charge is -2.20. The van der Waals surface area contributed by atoms with E-state index in [2.05, 4.69) is 26.8 Å². The molecule has 0 unspecified atom stereocenters. The molecular formula is C12H21N5. The number of hydrogen-bond acceptors (Lipinski definition) is 5. The fourth-order valence-electron chi connectivity index (χ4n) is 2.12. The largest absolute Gasteiger partial charge is 0.382 e. The molecule has 1 saturated heterocycles. The molecule has 5 heteroatoms. The molecule has 2 N–H and O–H groups in total. The van der Waals surface area contributed by atoms with Crippen LogP contribution in [0.25, 0.3) is 0 Å². The van der Waals surface area contributed by atoms with Gasteiger partial charge in [0.15, 0.2) is 0 Å². The first-order chi connectivity index (χ1) is 8.24. The van der Waals surface area contributed by atoms with Crippen LogP contribution in [-0.2, 0) is 6.54 Å². The highest BCUT2D eigenvalue weighted by atomic mass is 15.2. The fourth-order valence-corrected chi connectivity index (χ4v) is 2.12. The molecule has 0 bridgehead atoms. The summed E-state index contributed by atoms with van der Waals surface area (Å²) >= 11 is 0. The van der Waals surface area contributed by atoms with Crippen molar-refractivity contribution in [2.75, 3.05) is 39.0 Å². The van der Waals surface area contributed by atoms with Gasteiger partial charge in [0.1, 0.15) is 5.82 Å². The Labute approximate surface area is 103 Å². The lowest BCUT2D eigenvalue weighted by Crippen LogP contribution is -2.31.